The van der Waals surface area contributed by atoms with Crippen molar-refractivity contribution in [1.29, 1.82) is 0 Å². The minimum atomic E-state index is 0.727. The first kappa shape index (κ1) is 13.2. The topological polar surface area (TPSA) is 50.2 Å². The third-order valence-electron chi connectivity index (χ3n) is 3.08. The van der Waals surface area contributed by atoms with Crippen LogP contribution in [-0.4, -0.2) is 16.2 Å². The molecule has 0 bridgehead atoms. The standard InChI is InChI=1S/C17H16N4/c1-12-7-13(2)9-14(8-12)21-19-11-15-10-18-16-5-3-4-6-17(16)20-15/h3-11,21H,1-2H3/b19-11-. The Hall–Kier alpha value is -2.75. The van der Waals surface area contributed by atoms with Crippen LogP contribution in [0.2, 0.25) is 0 Å². The molecule has 0 spiro atoms. The molecule has 21 heavy (non-hydrogen) atoms. The Balaban J connectivity index is 1.78. The molecule has 0 amide bonds. The van der Waals surface area contributed by atoms with E-state index in [9.17, 15) is 0 Å². The van der Waals surface area contributed by atoms with Gasteiger partial charge in [0.1, 0.15) is 5.69 Å². The van der Waals surface area contributed by atoms with Crippen molar-refractivity contribution in [3.63, 3.8) is 0 Å². The van der Waals surface area contributed by atoms with Crippen molar-refractivity contribution in [2.45, 2.75) is 13.8 Å². The lowest BCUT2D eigenvalue weighted by atomic mass is 10.1. The van der Waals surface area contributed by atoms with Crippen LogP contribution >= 0.6 is 0 Å². The number of nitrogens with zero attached hydrogens (tertiary/aromatic N) is 3. The van der Waals surface area contributed by atoms with Crippen molar-refractivity contribution in [1.82, 2.24) is 9.97 Å². The average Bonchev–Trinajstić information content (AvgIpc) is 2.46. The normalized spacial score (nSPS) is 11.1. The summed E-state index contributed by atoms with van der Waals surface area (Å²) in [6.07, 6.45) is 3.39. The molecule has 1 heterocycles. The smallest absolute Gasteiger partial charge is 0.102 e. The van der Waals surface area contributed by atoms with E-state index in [4.69, 9.17) is 0 Å². The van der Waals surface area contributed by atoms with Gasteiger partial charge in [0.15, 0.2) is 0 Å². The number of aryl methyl sites for hydroxylation is 2. The number of nitrogens with one attached hydrogen (secondary N) is 1. The highest BCUT2D eigenvalue weighted by Gasteiger charge is 1.97. The van der Waals surface area contributed by atoms with Crippen LogP contribution in [0.4, 0.5) is 5.69 Å². The molecule has 3 aromatic rings. The van der Waals surface area contributed by atoms with Crippen LogP contribution < -0.4 is 5.43 Å². The second-order valence-corrected chi connectivity index (χ2v) is 5.03. The summed E-state index contributed by atoms with van der Waals surface area (Å²) in [5.74, 6) is 0. The molecule has 4 heteroatoms. The van der Waals surface area contributed by atoms with Gasteiger partial charge in [-0.2, -0.15) is 5.10 Å². The predicted molar refractivity (Wildman–Crippen MR) is 86.7 cm³/mol. The van der Waals surface area contributed by atoms with E-state index in [-0.39, 0.29) is 0 Å². The molecular formula is C17H16N4. The number of hydrogen-bond acceptors (Lipinski definition) is 4. The highest BCUT2D eigenvalue weighted by atomic mass is 15.3. The number of anilines is 1. The Morgan fingerprint density at radius 3 is 2.48 bits per heavy atom. The molecule has 0 saturated carbocycles. The van der Waals surface area contributed by atoms with Crippen LogP contribution in [0.5, 0.6) is 0 Å². The summed E-state index contributed by atoms with van der Waals surface area (Å²) >= 11 is 0. The number of benzene rings is 2. The number of para-hydroxylation sites is 2. The van der Waals surface area contributed by atoms with Crippen molar-refractivity contribution in [3.05, 3.63) is 65.5 Å². The molecule has 0 radical (unpaired) electrons. The maximum atomic E-state index is 4.49. The van der Waals surface area contributed by atoms with E-state index in [0.29, 0.717) is 0 Å². The Labute approximate surface area is 123 Å². The molecule has 104 valence electrons. The molecule has 4 nitrogen and oxygen atoms in total. The van der Waals surface area contributed by atoms with Gasteiger partial charge in [0, 0.05) is 0 Å². The largest absolute Gasteiger partial charge is 0.278 e. The van der Waals surface area contributed by atoms with Crippen LogP contribution in [0.1, 0.15) is 16.8 Å². The van der Waals surface area contributed by atoms with Gasteiger partial charge >= 0.3 is 0 Å². The Morgan fingerprint density at radius 2 is 1.71 bits per heavy atom. The van der Waals surface area contributed by atoms with Gasteiger partial charge in [-0.3, -0.25) is 10.4 Å². The van der Waals surface area contributed by atoms with E-state index >= 15 is 0 Å². The minimum Gasteiger partial charge on any atom is -0.278 e. The number of fused-ring (bicyclic) bond motifs is 1. The van der Waals surface area contributed by atoms with Crippen LogP contribution in [0.15, 0.2) is 53.8 Å². The Kier molecular flexibility index (Phi) is 3.60. The molecule has 2 aromatic carbocycles. The third-order valence-corrected chi connectivity index (χ3v) is 3.08. The van der Waals surface area contributed by atoms with Crippen molar-refractivity contribution < 1.29 is 0 Å². The molecule has 0 atom stereocenters. The zero-order valence-corrected chi connectivity index (χ0v) is 12.0. The fraction of sp³-hybridized carbons (Fsp3) is 0.118. The molecule has 0 aliphatic carbocycles. The number of aromatic nitrogens is 2. The second-order valence-electron chi connectivity index (χ2n) is 5.03. The van der Waals surface area contributed by atoms with Gasteiger partial charge in [-0.05, 0) is 49.2 Å². The lowest BCUT2D eigenvalue weighted by molar-refractivity contribution is 1.25. The minimum absolute atomic E-state index is 0.727. The van der Waals surface area contributed by atoms with Crippen molar-refractivity contribution >= 4 is 22.9 Å². The molecule has 1 aromatic heterocycles. The van der Waals surface area contributed by atoms with Crippen LogP contribution in [-0.2, 0) is 0 Å². The average molecular weight is 276 g/mol. The van der Waals surface area contributed by atoms with E-state index in [1.807, 2.05) is 24.3 Å². The number of rotatable bonds is 3. The SMILES string of the molecule is Cc1cc(C)cc(N/N=C\c2cnc3ccccc3n2)c1. The molecule has 3 rings (SSSR count). The van der Waals surface area contributed by atoms with E-state index in [1.165, 1.54) is 11.1 Å². The summed E-state index contributed by atoms with van der Waals surface area (Å²) in [7, 11) is 0. The summed E-state index contributed by atoms with van der Waals surface area (Å²) < 4.78 is 0. The summed E-state index contributed by atoms with van der Waals surface area (Å²) in [6, 6.07) is 14.0. The number of hydrazone groups is 1. The molecule has 0 aliphatic rings. The molecular weight excluding hydrogens is 260 g/mol. The van der Waals surface area contributed by atoms with Crippen molar-refractivity contribution in [3.8, 4) is 0 Å². The van der Waals surface area contributed by atoms with Crippen molar-refractivity contribution in [2.75, 3.05) is 5.43 Å². The summed E-state index contributed by atoms with van der Waals surface area (Å²) in [5.41, 5.74) is 8.89. The van der Waals surface area contributed by atoms with Gasteiger partial charge in [-0.25, -0.2) is 4.98 Å². The summed E-state index contributed by atoms with van der Waals surface area (Å²) in [6.45, 7) is 4.13. The first-order valence-electron chi connectivity index (χ1n) is 6.80. The van der Waals surface area contributed by atoms with E-state index in [1.54, 1.807) is 12.4 Å². The fourth-order valence-corrected chi connectivity index (χ4v) is 2.25. The van der Waals surface area contributed by atoms with Gasteiger partial charge in [-0.1, -0.05) is 18.2 Å². The van der Waals surface area contributed by atoms with Crippen LogP contribution in [0, 0.1) is 13.8 Å². The van der Waals surface area contributed by atoms with Gasteiger partial charge in [0.2, 0.25) is 0 Å². The third kappa shape index (κ3) is 3.23. The zero-order valence-electron chi connectivity index (χ0n) is 12.0. The Bertz CT molecular complexity index is 788. The first-order chi connectivity index (χ1) is 10.2. The van der Waals surface area contributed by atoms with Crippen LogP contribution in [0.25, 0.3) is 11.0 Å². The molecule has 0 aliphatic heterocycles. The monoisotopic (exact) mass is 276 g/mol. The van der Waals surface area contributed by atoms with Crippen molar-refractivity contribution in [2.24, 2.45) is 5.10 Å². The van der Waals surface area contributed by atoms with Gasteiger partial charge in [-0.15, -0.1) is 0 Å². The predicted octanol–water partition coefficient (Wildman–Crippen LogP) is 3.69. The fourth-order valence-electron chi connectivity index (χ4n) is 2.25. The quantitative estimate of drug-likeness (QED) is 0.586. The summed E-state index contributed by atoms with van der Waals surface area (Å²) in [5, 5.41) is 4.22. The van der Waals surface area contributed by atoms with Gasteiger partial charge in [0.05, 0.1) is 29.1 Å². The molecule has 0 saturated heterocycles. The lowest BCUT2D eigenvalue weighted by Crippen LogP contribution is -1.95. The van der Waals surface area contributed by atoms with E-state index < -0.39 is 0 Å². The van der Waals surface area contributed by atoms with Gasteiger partial charge in [0.25, 0.3) is 0 Å². The molecule has 0 unspecified atom stereocenters. The first-order valence-corrected chi connectivity index (χ1v) is 6.80. The van der Waals surface area contributed by atoms with Crippen LogP contribution in [0.3, 0.4) is 0 Å². The van der Waals surface area contributed by atoms with E-state index in [0.717, 1.165) is 22.4 Å². The molecule has 1 N–H and O–H groups in total. The maximum absolute atomic E-state index is 4.49. The maximum Gasteiger partial charge on any atom is 0.102 e. The lowest BCUT2D eigenvalue weighted by Gasteiger charge is -2.03. The summed E-state index contributed by atoms with van der Waals surface area (Å²) in [4.78, 5) is 8.84. The highest BCUT2D eigenvalue weighted by Crippen LogP contribution is 2.13. The second kappa shape index (κ2) is 5.71. The van der Waals surface area contributed by atoms with E-state index in [2.05, 4.69) is 52.5 Å². The number of hydrogen-bond donors (Lipinski definition) is 1. The van der Waals surface area contributed by atoms with Gasteiger partial charge < -0.3 is 0 Å². The Morgan fingerprint density at radius 1 is 1.00 bits per heavy atom. The molecule has 0 fully saturated rings. The highest BCUT2D eigenvalue weighted by molar-refractivity contribution is 5.82. The zero-order chi connectivity index (χ0) is 14.7.